The van der Waals surface area contributed by atoms with Gasteiger partial charge in [-0.15, -0.1) is 0 Å². The van der Waals surface area contributed by atoms with Gasteiger partial charge in [-0.2, -0.15) is 4.31 Å². The molecule has 1 atom stereocenters. The molecule has 4 rings (SSSR count). The molecule has 0 saturated carbocycles. The number of fused-ring (bicyclic) bond motifs is 1. The van der Waals surface area contributed by atoms with Crippen LogP contribution in [0.2, 0.25) is 0 Å². The number of carbonyl (C=O) groups is 1. The molecule has 2 aliphatic heterocycles. The SMILES string of the molecule is CS(=O)(=O)N(C1CCOCC1)C1CCCN(C(=O)c2ccc3cc[nH]c3c2)C1. The van der Waals surface area contributed by atoms with Crippen LogP contribution in [-0.4, -0.2) is 73.2 Å². The van der Waals surface area contributed by atoms with Crippen LogP contribution in [0.4, 0.5) is 0 Å². The van der Waals surface area contributed by atoms with Crippen molar-refractivity contribution in [2.75, 3.05) is 32.6 Å². The zero-order valence-corrected chi connectivity index (χ0v) is 17.0. The van der Waals surface area contributed by atoms with Crippen LogP contribution in [0.15, 0.2) is 30.5 Å². The molecule has 2 aliphatic rings. The summed E-state index contributed by atoms with van der Waals surface area (Å²) in [7, 11) is -3.36. The number of likely N-dealkylation sites (tertiary alicyclic amines) is 1. The van der Waals surface area contributed by atoms with Gasteiger partial charge in [-0.1, -0.05) is 6.07 Å². The van der Waals surface area contributed by atoms with Crippen LogP contribution in [0, 0.1) is 0 Å². The van der Waals surface area contributed by atoms with Crippen molar-refractivity contribution >= 4 is 26.8 Å². The maximum absolute atomic E-state index is 13.1. The fourth-order valence-electron chi connectivity index (χ4n) is 4.49. The number of ether oxygens (including phenoxy) is 1. The van der Waals surface area contributed by atoms with Gasteiger partial charge in [0, 0.05) is 55.7 Å². The molecule has 0 spiro atoms. The summed E-state index contributed by atoms with van der Waals surface area (Å²) in [6.07, 6.45) is 6.14. The molecule has 0 bridgehead atoms. The molecule has 1 N–H and O–H groups in total. The number of nitrogens with one attached hydrogen (secondary N) is 1. The Hall–Kier alpha value is -1.90. The monoisotopic (exact) mass is 405 g/mol. The van der Waals surface area contributed by atoms with Crippen LogP contribution in [-0.2, 0) is 14.8 Å². The lowest BCUT2D eigenvalue weighted by Crippen LogP contribution is -2.55. The number of H-pyrrole nitrogens is 1. The summed E-state index contributed by atoms with van der Waals surface area (Å²) in [4.78, 5) is 18.0. The Bertz CT molecular complexity index is 949. The smallest absolute Gasteiger partial charge is 0.253 e. The second kappa shape index (κ2) is 7.85. The highest BCUT2D eigenvalue weighted by Crippen LogP contribution is 2.27. The number of aromatic amines is 1. The normalized spacial score (nSPS) is 22.1. The van der Waals surface area contributed by atoms with E-state index in [-0.39, 0.29) is 18.0 Å². The van der Waals surface area contributed by atoms with Gasteiger partial charge in [0.25, 0.3) is 5.91 Å². The molecule has 2 aromatic rings. The summed E-state index contributed by atoms with van der Waals surface area (Å²) < 4.78 is 32.2. The van der Waals surface area contributed by atoms with Crippen LogP contribution in [0.1, 0.15) is 36.0 Å². The highest BCUT2D eigenvalue weighted by molar-refractivity contribution is 7.88. The fraction of sp³-hybridized carbons (Fsp3) is 0.550. The van der Waals surface area contributed by atoms with Gasteiger partial charge in [-0.3, -0.25) is 4.79 Å². The van der Waals surface area contributed by atoms with Crippen molar-refractivity contribution in [3.63, 3.8) is 0 Å². The van der Waals surface area contributed by atoms with Gasteiger partial charge in [0.15, 0.2) is 0 Å². The molecule has 2 fully saturated rings. The standard InChI is InChI=1S/C20H27N3O4S/c1-28(25,26)23(17-7-11-27-12-8-17)18-3-2-10-22(14-18)20(24)16-5-4-15-6-9-21-19(15)13-16/h4-6,9,13,17-18,21H,2-3,7-8,10-12,14H2,1H3. The first-order valence-electron chi connectivity index (χ1n) is 9.86. The molecule has 1 aromatic heterocycles. The summed E-state index contributed by atoms with van der Waals surface area (Å²) in [6, 6.07) is 7.40. The van der Waals surface area contributed by atoms with Gasteiger partial charge in [0.1, 0.15) is 0 Å². The lowest BCUT2D eigenvalue weighted by Gasteiger charge is -2.42. The fourth-order valence-corrected chi connectivity index (χ4v) is 5.96. The molecular weight excluding hydrogens is 378 g/mol. The number of aromatic nitrogens is 1. The van der Waals surface area contributed by atoms with Gasteiger partial charge in [0.05, 0.1) is 6.26 Å². The Morgan fingerprint density at radius 1 is 1.18 bits per heavy atom. The second-order valence-corrected chi connectivity index (χ2v) is 9.65. The number of hydrogen-bond acceptors (Lipinski definition) is 4. The van der Waals surface area contributed by atoms with Crippen molar-refractivity contribution < 1.29 is 17.9 Å². The second-order valence-electron chi connectivity index (χ2n) is 7.76. The van der Waals surface area contributed by atoms with Crippen molar-refractivity contribution in [1.82, 2.24) is 14.2 Å². The molecule has 0 radical (unpaired) electrons. The van der Waals surface area contributed by atoms with Gasteiger partial charge in [-0.25, -0.2) is 8.42 Å². The van der Waals surface area contributed by atoms with Gasteiger partial charge in [0.2, 0.25) is 10.0 Å². The first-order chi connectivity index (χ1) is 13.4. The van der Waals surface area contributed by atoms with Crippen molar-refractivity contribution in [2.45, 2.75) is 37.8 Å². The van der Waals surface area contributed by atoms with Crippen molar-refractivity contribution in [3.05, 3.63) is 36.0 Å². The van der Waals surface area contributed by atoms with E-state index in [9.17, 15) is 13.2 Å². The first kappa shape index (κ1) is 19.4. The minimum absolute atomic E-state index is 0.0402. The van der Waals surface area contributed by atoms with E-state index < -0.39 is 10.0 Å². The van der Waals surface area contributed by atoms with Crippen molar-refractivity contribution in [2.24, 2.45) is 0 Å². The van der Waals surface area contributed by atoms with E-state index in [1.54, 1.807) is 9.21 Å². The molecule has 1 amide bonds. The van der Waals surface area contributed by atoms with E-state index in [4.69, 9.17) is 4.74 Å². The lowest BCUT2D eigenvalue weighted by atomic mass is 10.0. The third-order valence-electron chi connectivity index (χ3n) is 5.78. The Balaban J connectivity index is 1.54. The van der Waals surface area contributed by atoms with E-state index in [1.807, 2.05) is 30.5 Å². The highest BCUT2D eigenvalue weighted by atomic mass is 32.2. The van der Waals surface area contributed by atoms with Crippen molar-refractivity contribution in [3.8, 4) is 0 Å². The van der Waals surface area contributed by atoms with Gasteiger partial charge in [-0.05, 0) is 49.3 Å². The topological polar surface area (TPSA) is 82.7 Å². The zero-order chi connectivity index (χ0) is 19.7. The molecular formula is C20H27N3O4S. The summed E-state index contributed by atoms with van der Waals surface area (Å²) in [5, 5.41) is 1.07. The van der Waals surface area contributed by atoms with Crippen LogP contribution < -0.4 is 0 Å². The first-order valence-corrected chi connectivity index (χ1v) is 11.7. The largest absolute Gasteiger partial charge is 0.381 e. The number of nitrogens with zero attached hydrogens (tertiary/aromatic N) is 2. The lowest BCUT2D eigenvalue weighted by molar-refractivity contribution is 0.0342. The summed E-state index contributed by atoms with van der Waals surface area (Å²) in [5.74, 6) is -0.0402. The number of sulfonamides is 1. The third kappa shape index (κ3) is 3.94. The minimum Gasteiger partial charge on any atom is -0.381 e. The maximum Gasteiger partial charge on any atom is 0.253 e. The Labute approximate surface area is 165 Å². The Morgan fingerprint density at radius 2 is 1.96 bits per heavy atom. The molecule has 8 heteroatoms. The number of piperidine rings is 1. The van der Waals surface area contributed by atoms with E-state index in [0.717, 1.165) is 23.7 Å². The quantitative estimate of drug-likeness (QED) is 0.846. The molecule has 28 heavy (non-hydrogen) atoms. The average molecular weight is 406 g/mol. The van der Waals surface area contributed by atoms with Crippen LogP contribution in [0.25, 0.3) is 10.9 Å². The number of hydrogen-bond donors (Lipinski definition) is 1. The average Bonchev–Trinajstić information content (AvgIpc) is 3.15. The van der Waals surface area contributed by atoms with E-state index >= 15 is 0 Å². The highest BCUT2D eigenvalue weighted by Gasteiger charge is 2.37. The Morgan fingerprint density at radius 3 is 2.71 bits per heavy atom. The maximum atomic E-state index is 13.1. The Kier molecular flexibility index (Phi) is 5.44. The molecule has 7 nitrogen and oxygen atoms in total. The summed E-state index contributed by atoms with van der Waals surface area (Å²) >= 11 is 0. The van der Waals surface area contributed by atoms with E-state index in [2.05, 4.69) is 4.98 Å². The predicted octanol–water partition coefficient (Wildman–Crippen LogP) is 2.21. The molecule has 2 saturated heterocycles. The predicted molar refractivity (Wildman–Crippen MR) is 108 cm³/mol. The van der Waals surface area contributed by atoms with Crippen molar-refractivity contribution in [1.29, 1.82) is 0 Å². The summed E-state index contributed by atoms with van der Waals surface area (Å²) in [5.41, 5.74) is 1.56. The molecule has 1 aromatic carbocycles. The zero-order valence-electron chi connectivity index (χ0n) is 16.1. The number of benzene rings is 1. The number of amides is 1. The molecule has 3 heterocycles. The molecule has 0 aliphatic carbocycles. The number of carbonyl (C=O) groups excluding carboxylic acids is 1. The summed E-state index contributed by atoms with van der Waals surface area (Å²) in [6.45, 7) is 2.26. The third-order valence-corrected chi connectivity index (χ3v) is 7.14. The van der Waals surface area contributed by atoms with Crippen LogP contribution in [0.3, 0.4) is 0 Å². The molecule has 152 valence electrons. The van der Waals surface area contributed by atoms with Gasteiger partial charge < -0.3 is 14.6 Å². The van der Waals surface area contributed by atoms with Crippen LogP contribution in [0.5, 0.6) is 0 Å². The van der Waals surface area contributed by atoms with Crippen LogP contribution >= 0.6 is 0 Å². The van der Waals surface area contributed by atoms with E-state index in [0.29, 0.717) is 44.7 Å². The van der Waals surface area contributed by atoms with Gasteiger partial charge >= 0.3 is 0 Å². The molecule has 1 unspecified atom stereocenters. The van der Waals surface area contributed by atoms with E-state index in [1.165, 1.54) is 6.26 Å². The minimum atomic E-state index is -3.36. The number of rotatable bonds is 4.